The average molecular weight is 431 g/mol. The maximum atomic E-state index is 10.6. The molecule has 1 aliphatic carbocycles. The minimum atomic E-state index is -0.580. The molecule has 3 aromatic rings. The number of nitrogens with zero attached hydrogens (tertiary/aromatic N) is 3. The van der Waals surface area contributed by atoms with E-state index in [1.807, 2.05) is 19.1 Å². The number of methoxy groups -OCH3 is 1. The van der Waals surface area contributed by atoms with Gasteiger partial charge in [0, 0.05) is 23.8 Å². The van der Waals surface area contributed by atoms with Crippen LogP contribution in [0.2, 0.25) is 5.02 Å². The number of aromatic nitrogens is 3. The number of benzene rings is 1. The molecular formula is C22H27ClN4O3. The van der Waals surface area contributed by atoms with Crippen molar-refractivity contribution in [1.82, 2.24) is 14.6 Å². The van der Waals surface area contributed by atoms with Crippen molar-refractivity contribution in [2.45, 2.75) is 51.7 Å². The van der Waals surface area contributed by atoms with Crippen LogP contribution in [0.15, 0.2) is 18.2 Å². The Morgan fingerprint density at radius 1 is 1.40 bits per heavy atom. The highest BCUT2D eigenvalue weighted by Gasteiger charge is 2.30. The van der Waals surface area contributed by atoms with Crippen molar-refractivity contribution in [3.05, 3.63) is 40.2 Å². The fourth-order valence-corrected chi connectivity index (χ4v) is 4.44. The molecule has 2 unspecified atom stereocenters. The van der Waals surface area contributed by atoms with Gasteiger partial charge in [-0.3, -0.25) is 0 Å². The number of anilines is 1. The van der Waals surface area contributed by atoms with Crippen LogP contribution in [0.25, 0.3) is 16.8 Å². The molecule has 0 amide bonds. The normalized spacial score (nSPS) is 16.7. The third-order valence-corrected chi connectivity index (χ3v) is 6.11. The van der Waals surface area contributed by atoms with Crippen LogP contribution < -0.4 is 10.1 Å². The molecule has 1 aromatic carbocycles. The number of hydrogen-bond acceptors (Lipinski definition) is 6. The number of rotatable bonds is 7. The highest BCUT2D eigenvalue weighted by molar-refractivity contribution is 6.33. The largest absolute Gasteiger partial charge is 0.497 e. The second-order valence-electron chi connectivity index (χ2n) is 7.68. The van der Waals surface area contributed by atoms with Crippen molar-refractivity contribution >= 4 is 23.1 Å². The van der Waals surface area contributed by atoms with E-state index >= 15 is 0 Å². The van der Waals surface area contributed by atoms with Gasteiger partial charge in [0.2, 0.25) is 0 Å². The minimum Gasteiger partial charge on any atom is -0.497 e. The molecule has 2 aromatic heterocycles. The molecule has 160 valence electrons. The minimum absolute atomic E-state index is 0.0648. The number of aliphatic hydroxyl groups is 2. The molecule has 8 heteroatoms. The Bertz CT molecular complexity index is 1080. The molecule has 0 aliphatic heterocycles. The summed E-state index contributed by atoms with van der Waals surface area (Å²) < 4.78 is 7.05. The first-order valence-corrected chi connectivity index (χ1v) is 10.7. The van der Waals surface area contributed by atoms with E-state index in [0.29, 0.717) is 35.7 Å². The molecule has 2 atom stereocenters. The van der Waals surface area contributed by atoms with Crippen LogP contribution in [-0.4, -0.2) is 44.6 Å². The first kappa shape index (κ1) is 20.9. The van der Waals surface area contributed by atoms with Crippen LogP contribution in [-0.2, 0) is 6.42 Å². The highest BCUT2D eigenvalue weighted by Crippen LogP contribution is 2.41. The van der Waals surface area contributed by atoms with Crippen molar-refractivity contribution in [2.24, 2.45) is 0 Å². The molecule has 30 heavy (non-hydrogen) atoms. The van der Waals surface area contributed by atoms with Crippen LogP contribution in [0.5, 0.6) is 5.75 Å². The van der Waals surface area contributed by atoms with Gasteiger partial charge in [0.05, 0.1) is 35.2 Å². The Hall–Kier alpha value is -2.35. The second kappa shape index (κ2) is 8.41. The summed E-state index contributed by atoms with van der Waals surface area (Å²) in [4.78, 5) is 4.89. The van der Waals surface area contributed by atoms with Crippen LogP contribution >= 0.6 is 11.6 Å². The fraction of sp³-hybridized carbons (Fsp3) is 0.455. The van der Waals surface area contributed by atoms with Crippen LogP contribution in [0.4, 0.5) is 5.82 Å². The molecule has 0 saturated heterocycles. The van der Waals surface area contributed by atoms with Gasteiger partial charge in [-0.15, -0.1) is 0 Å². The van der Waals surface area contributed by atoms with E-state index in [1.165, 1.54) is 0 Å². The monoisotopic (exact) mass is 430 g/mol. The number of halogens is 1. The first-order chi connectivity index (χ1) is 14.5. The van der Waals surface area contributed by atoms with E-state index < -0.39 is 6.10 Å². The SMILES string of the molecule is CCC(CCO)Nc1c2c(nc3c(-c4ccc(OC)cc4Cl)c(C)nn13)CCC2O. The van der Waals surface area contributed by atoms with Crippen molar-refractivity contribution < 1.29 is 14.9 Å². The quantitative estimate of drug-likeness (QED) is 0.526. The number of hydrogen-bond donors (Lipinski definition) is 3. The zero-order valence-electron chi connectivity index (χ0n) is 17.4. The van der Waals surface area contributed by atoms with Gasteiger partial charge in [0.25, 0.3) is 0 Å². The lowest BCUT2D eigenvalue weighted by Crippen LogP contribution is -2.23. The third-order valence-electron chi connectivity index (χ3n) is 5.80. The van der Waals surface area contributed by atoms with E-state index in [-0.39, 0.29) is 12.6 Å². The summed E-state index contributed by atoms with van der Waals surface area (Å²) in [5.74, 6) is 1.44. The first-order valence-electron chi connectivity index (χ1n) is 10.3. The molecule has 0 fully saturated rings. The third kappa shape index (κ3) is 3.51. The number of aryl methyl sites for hydroxylation is 2. The summed E-state index contributed by atoms with van der Waals surface area (Å²) >= 11 is 6.57. The topological polar surface area (TPSA) is 91.9 Å². The van der Waals surface area contributed by atoms with Crippen LogP contribution in [0.3, 0.4) is 0 Å². The van der Waals surface area contributed by atoms with Gasteiger partial charge in [-0.25, -0.2) is 4.98 Å². The molecule has 0 spiro atoms. The summed E-state index contributed by atoms with van der Waals surface area (Å²) in [6.07, 6.45) is 2.22. The van der Waals surface area contributed by atoms with E-state index in [0.717, 1.165) is 40.3 Å². The molecule has 0 radical (unpaired) electrons. The highest BCUT2D eigenvalue weighted by atomic mass is 35.5. The molecule has 0 bridgehead atoms. The van der Waals surface area contributed by atoms with Gasteiger partial charge in [-0.2, -0.15) is 9.61 Å². The lowest BCUT2D eigenvalue weighted by molar-refractivity contribution is 0.180. The molecular weight excluding hydrogens is 404 g/mol. The summed E-state index contributed by atoms with van der Waals surface area (Å²) in [6.45, 7) is 4.09. The molecule has 1 aliphatic rings. The summed E-state index contributed by atoms with van der Waals surface area (Å²) in [6, 6.07) is 5.64. The zero-order chi connectivity index (χ0) is 21.4. The molecule has 0 saturated carbocycles. The predicted molar refractivity (Wildman–Crippen MR) is 117 cm³/mol. The fourth-order valence-electron chi connectivity index (χ4n) is 4.18. The van der Waals surface area contributed by atoms with Gasteiger partial charge in [-0.1, -0.05) is 18.5 Å². The smallest absolute Gasteiger partial charge is 0.165 e. The van der Waals surface area contributed by atoms with Gasteiger partial charge >= 0.3 is 0 Å². The summed E-state index contributed by atoms with van der Waals surface area (Å²) in [7, 11) is 1.61. The Morgan fingerprint density at radius 3 is 2.87 bits per heavy atom. The Morgan fingerprint density at radius 2 is 2.20 bits per heavy atom. The lowest BCUT2D eigenvalue weighted by atomic mass is 10.1. The Balaban J connectivity index is 1.94. The van der Waals surface area contributed by atoms with Gasteiger partial charge < -0.3 is 20.3 Å². The molecule has 4 rings (SSSR count). The van der Waals surface area contributed by atoms with Crippen molar-refractivity contribution in [3.8, 4) is 16.9 Å². The summed E-state index contributed by atoms with van der Waals surface area (Å²) in [5, 5.41) is 28.9. The van der Waals surface area contributed by atoms with Gasteiger partial charge in [0.15, 0.2) is 5.65 Å². The standard InChI is InChI=1S/C22H27ClN4O3/c1-4-13(9-10-28)24-22-20-17(7-8-18(20)29)25-21-19(12(2)26-27(21)22)15-6-5-14(30-3)11-16(15)23/h5-6,11,13,18,24,28-29H,4,7-10H2,1-3H3. The van der Waals surface area contributed by atoms with Crippen LogP contribution in [0.1, 0.15) is 49.2 Å². The van der Waals surface area contributed by atoms with Crippen molar-refractivity contribution in [3.63, 3.8) is 0 Å². The number of fused-ring (bicyclic) bond motifs is 2. The second-order valence-corrected chi connectivity index (χ2v) is 8.09. The zero-order valence-corrected chi connectivity index (χ0v) is 18.2. The Kier molecular flexibility index (Phi) is 5.86. The van der Waals surface area contributed by atoms with E-state index in [2.05, 4.69) is 12.2 Å². The Labute approximate surface area is 180 Å². The van der Waals surface area contributed by atoms with Gasteiger partial charge in [-0.05, 0) is 50.8 Å². The van der Waals surface area contributed by atoms with E-state index in [9.17, 15) is 10.2 Å². The molecule has 2 heterocycles. The predicted octanol–water partition coefficient (Wildman–Crippen LogP) is 3.92. The van der Waals surface area contributed by atoms with Crippen LogP contribution in [0, 0.1) is 6.92 Å². The maximum Gasteiger partial charge on any atom is 0.165 e. The lowest BCUT2D eigenvalue weighted by Gasteiger charge is -2.21. The summed E-state index contributed by atoms with van der Waals surface area (Å²) in [5.41, 5.74) is 4.88. The van der Waals surface area contributed by atoms with Crippen molar-refractivity contribution in [1.29, 1.82) is 0 Å². The van der Waals surface area contributed by atoms with E-state index in [4.69, 9.17) is 26.4 Å². The average Bonchev–Trinajstić information content (AvgIpc) is 3.26. The number of aliphatic hydroxyl groups excluding tert-OH is 2. The van der Waals surface area contributed by atoms with E-state index in [1.54, 1.807) is 17.7 Å². The molecule has 3 N–H and O–H groups in total. The van der Waals surface area contributed by atoms with Crippen molar-refractivity contribution in [2.75, 3.05) is 19.0 Å². The maximum absolute atomic E-state index is 10.6. The number of ether oxygens (including phenoxy) is 1. The van der Waals surface area contributed by atoms with Gasteiger partial charge in [0.1, 0.15) is 11.6 Å². The molecule has 7 nitrogen and oxygen atoms in total. The number of nitrogens with one attached hydrogen (secondary N) is 1.